The van der Waals surface area contributed by atoms with E-state index in [0.717, 1.165) is 48.1 Å². The number of fused-ring (bicyclic) bond motifs is 1. The second-order valence-electron chi connectivity index (χ2n) is 9.18. The van der Waals surface area contributed by atoms with Gasteiger partial charge >= 0.3 is 5.97 Å². The summed E-state index contributed by atoms with van der Waals surface area (Å²) in [6.45, 7) is 4.31. The molecule has 0 aliphatic carbocycles. The SMILES string of the molecule is CCCC(N)(CCC)c1ccc(N/C(=C2\C(=O)Nc3cc(C(=O)OC)ccc32)c2ccccc2)cc1. The van der Waals surface area contributed by atoms with Gasteiger partial charge in [0.25, 0.3) is 5.91 Å². The predicted molar refractivity (Wildman–Crippen MR) is 145 cm³/mol. The molecule has 4 N–H and O–H groups in total. The Morgan fingerprint density at radius 2 is 1.61 bits per heavy atom. The Hall–Kier alpha value is -3.90. The van der Waals surface area contributed by atoms with Crippen LogP contribution in [-0.2, 0) is 15.1 Å². The fourth-order valence-electron chi connectivity index (χ4n) is 4.89. The number of anilines is 2. The molecule has 1 aliphatic rings. The molecular formula is C30H33N3O3. The second-order valence-corrected chi connectivity index (χ2v) is 9.18. The van der Waals surface area contributed by atoms with Crippen LogP contribution in [0.15, 0.2) is 72.8 Å². The van der Waals surface area contributed by atoms with Crippen LogP contribution in [0.5, 0.6) is 0 Å². The van der Waals surface area contributed by atoms with E-state index in [9.17, 15) is 9.59 Å². The lowest BCUT2D eigenvalue weighted by atomic mass is 9.83. The maximum absolute atomic E-state index is 13.2. The van der Waals surface area contributed by atoms with Gasteiger partial charge in [0, 0.05) is 16.8 Å². The van der Waals surface area contributed by atoms with Crippen LogP contribution >= 0.6 is 0 Å². The van der Waals surface area contributed by atoms with Gasteiger partial charge in [0.05, 0.1) is 29.6 Å². The molecular weight excluding hydrogens is 450 g/mol. The lowest BCUT2D eigenvalue weighted by Crippen LogP contribution is -2.36. The zero-order valence-corrected chi connectivity index (χ0v) is 21.1. The van der Waals surface area contributed by atoms with Crippen molar-refractivity contribution in [3.8, 4) is 0 Å². The summed E-state index contributed by atoms with van der Waals surface area (Å²) in [5.74, 6) is -0.685. The van der Waals surface area contributed by atoms with Crippen molar-refractivity contribution in [2.45, 2.75) is 45.1 Å². The Balaban J connectivity index is 1.75. The van der Waals surface area contributed by atoms with Crippen molar-refractivity contribution in [3.63, 3.8) is 0 Å². The average Bonchev–Trinajstić information content (AvgIpc) is 3.22. The molecule has 6 nitrogen and oxygen atoms in total. The lowest BCUT2D eigenvalue weighted by Gasteiger charge is -2.30. The summed E-state index contributed by atoms with van der Waals surface area (Å²) < 4.78 is 4.82. The first-order valence-corrected chi connectivity index (χ1v) is 12.4. The number of rotatable bonds is 9. The van der Waals surface area contributed by atoms with Crippen LogP contribution < -0.4 is 16.4 Å². The summed E-state index contributed by atoms with van der Waals surface area (Å²) in [6, 6.07) is 23.0. The van der Waals surface area contributed by atoms with E-state index in [1.165, 1.54) is 7.11 Å². The van der Waals surface area contributed by atoms with Crippen LogP contribution in [0.1, 0.15) is 66.6 Å². The molecule has 0 saturated carbocycles. The van der Waals surface area contributed by atoms with Gasteiger partial charge in [0.1, 0.15) is 0 Å². The number of benzene rings is 3. The van der Waals surface area contributed by atoms with Crippen LogP contribution in [0.25, 0.3) is 11.3 Å². The van der Waals surface area contributed by atoms with E-state index < -0.39 is 5.97 Å². The van der Waals surface area contributed by atoms with Gasteiger partial charge in [0.15, 0.2) is 0 Å². The topological polar surface area (TPSA) is 93.5 Å². The number of carbonyl (C=O) groups excluding carboxylic acids is 2. The van der Waals surface area contributed by atoms with E-state index in [2.05, 4.69) is 36.6 Å². The van der Waals surface area contributed by atoms with Gasteiger partial charge in [-0.25, -0.2) is 4.79 Å². The smallest absolute Gasteiger partial charge is 0.337 e. The number of carbonyl (C=O) groups is 2. The second kappa shape index (κ2) is 10.8. The highest BCUT2D eigenvalue weighted by Gasteiger charge is 2.30. The highest BCUT2D eigenvalue weighted by molar-refractivity contribution is 6.37. The minimum absolute atomic E-state index is 0.234. The summed E-state index contributed by atoms with van der Waals surface area (Å²) in [5, 5.41) is 6.38. The first-order valence-electron chi connectivity index (χ1n) is 12.4. The summed E-state index contributed by atoms with van der Waals surface area (Å²) >= 11 is 0. The molecule has 6 heteroatoms. The Kier molecular flexibility index (Phi) is 7.55. The van der Waals surface area contributed by atoms with E-state index in [4.69, 9.17) is 10.5 Å². The molecule has 0 bridgehead atoms. The van der Waals surface area contributed by atoms with Crippen molar-refractivity contribution < 1.29 is 14.3 Å². The first kappa shape index (κ1) is 25.2. The van der Waals surface area contributed by atoms with Gasteiger partial charge in [-0.1, -0.05) is 75.2 Å². The standard InChI is InChI=1S/C30H33N3O3/c1-4-17-30(31,18-5-2)22-12-14-23(15-13-22)32-27(20-9-7-6-8-10-20)26-24-16-11-21(29(35)36-3)19-25(24)33-28(26)34/h6-16,19,32H,4-5,17-18,31H2,1-3H3,(H,33,34)/b27-26-. The molecule has 3 aromatic rings. The molecule has 1 amide bonds. The molecule has 36 heavy (non-hydrogen) atoms. The molecule has 0 aromatic heterocycles. The summed E-state index contributed by atoms with van der Waals surface area (Å²) in [4.78, 5) is 25.2. The zero-order chi connectivity index (χ0) is 25.7. The fraction of sp³-hybridized carbons (Fsp3) is 0.267. The third-order valence-electron chi connectivity index (χ3n) is 6.62. The van der Waals surface area contributed by atoms with Gasteiger partial charge in [-0.05, 0) is 48.2 Å². The monoisotopic (exact) mass is 483 g/mol. The van der Waals surface area contributed by atoms with E-state index >= 15 is 0 Å². The molecule has 0 radical (unpaired) electrons. The predicted octanol–water partition coefficient (Wildman–Crippen LogP) is 6.16. The molecule has 1 aliphatic heterocycles. The van der Waals surface area contributed by atoms with E-state index in [-0.39, 0.29) is 11.4 Å². The number of esters is 1. The quantitative estimate of drug-likeness (QED) is 0.250. The van der Waals surface area contributed by atoms with E-state index in [0.29, 0.717) is 22.5 Å². The maximum Gasteiger partial charge on any atom is 0.337 e. The summed E-state index contributed by atoms with van der Waals surface area (Å²) in [7, 11) is 1.33. The molecule has 4 rings (SSSR count). The zero-order valence-electron chi connectivity index (χ0n) is 21.1. The molecule has 0 spiro atoms. The third-order valence-corrected chi connectivity index (χ3v) is 6.62. The van der Waals surface area contributed by atoms with Gasteiger partial charge in [0.2, 0.25) is 0 Å². The van der Waals surface area contributed by atoms with Gasteiger partial charge in [-0.15, -0.1) is 0 Å². The third kappa shape index (κ3) is 5.04. The largest absolute Gasteiger partial charge is 0.465 e. The van der Waals surface area contributed by atoms with Crippen LogP contribution in [0, 0.1) is 0 Å². The minimum Gasteiger partial charge on any atom is -0.465 e. The number of nitrogens with two attached hydrogens (primary N) is 1. The Morgan fingerprint density at radius 1 is 0.944 bits per heavy atom. The van der Waals surface area contributed by atoms with Crippen molar-refractivity contribution >= 4 is 34.5 Å². The van der Waals surface area contributed by atoms with Crippen molar-refractivity contribution in [2.75, 3.05) is 17.7 Å². The molecule has 186 valence electrons. The van der Waals surface area contributed by atoms with Crippen LogP contribution in [-0.4, -0.2) is 19.0 Å². The molecule has 1 heterocycles. The summed E-state index contributed by atoms with van der Waals surface area (Å²) in [6.07, 6.45) is 3.90. The van der Waals surface area contributed by atoms with Gasteiger partial charge in [-0.2, -0.15) is 0 Å². The minimum atomic E-state index is -0.451. The van der Waals surface area contributed by atoms with Crippen molar-refractivity contribution in [1.29, 1.82) is 0 Å². The molecule has 3 aromatic carbocycles. The van der Waals surface area contributed by atoms with Crippen LogP contribution in [0.3, 0.4) is 0 Å². The molecule has 0 saturated heterocycles. The van der Waals surface area contributed by atoms with Crippen LogP contribution in [0.4, 0.5) is 11.4 Å². The highest BCUT2D eigenvalue weighted by Crippen LogP contribution is 2.38. The van der Waals surface area contributed by atoms with Gasteiger partial charge in [-0.3, -0.25) is 4.79 Å². The van der Waals surface area contributed by atoms with Gasteiger partial charge < -0.3 is 21.1 Å². The molecule has 0 unspecified atom stereocenters. The Labute approximate surface area is 212 Å². The van der Waals surface area contributed by atoms with E-state index in [1.807, 2.05) is 42.5 Å². The molecule has 0 atom stereocenters. The Bertz CT molecular complexity index is 1270. The first-order chi connectivity index (χ1) is 17.4. The average molecular weight is 484 g/mol. The number of amides is 1. The highest BCUT2D eigenvalue weighted by atomic mass is 16.5. The van der Waals surface area contributed by atoms with Crippen molar-refractivity contribution in [3.05, 3.63) is 95.1 Å². The lowest BCUT2D eigenvalue weighted by molar-refractivity contribution is -0.110. The number of ether oxygens (including phenoxy) is 1. The maximum atomic E-state index is 13.2. The molecule has 0 fully saturated rings. The number of hydrogen-bond acceptors (Lipinski definition) is 5. The number of hydrogen-bond donors (Lipinski definition) is 3. The van der Waals surface area contributed by atoms with Crippen molar-refractivity contribution in [1.82, 2.24) is 0 Å². The van der Waals surface area contributed by atoms with Crippen LogP contribution in [0.2, 0.25) is 0 Å². The summed E-state index contributed by atoms with van der Waals surface area (Å²) in [5.41, 5.74) is 12.2. The Morgan fingerprint density at radius 3 is 2.22 bits per heavy atom. The fourth-order valence-corrected chi connectivity index (χ4v) is 4.89. The van der Waals surface area contributed by atoms with Crippen molar-refractivity contribution in [2.24, 2.45) is 5.73 Å². The number of nitrogens with one attached hydrogen (secondary N) is 2. The number of methoxy groups -OCH3 is 1. The normalized spacial score (nSPS) is 14.2. The van der Waals surface area contributed by atoms with E-state index in [1.54, 1.807) is 18.2 Å².